The highest BCUT2D eigenvalue weighted by molar-refractivity contribution is 5.94. The Labute approximate surface area is 140 Å². The molecule has 0 N–H and O–H groups in total. The Morgan fingerprint density at radius 2 is 2.00 bits per heavy atom. The number of aryl methyl sites for hydroxylation is 1. The molecule has 0 radical (unpaired) electrons. The fourth-order valence-corrected chi connectivity index (χ4v) is 2.94. The average molecular weight is 327 g/mol. The summed E-state index contributed by atoms with van der Waals surface area (Å²) >= 11 is 0. The highest BCUT2D eigenvalue weighted by Crippen LogP contribution is 2.26. The van der Waals surface area contributed by atoms with Crippen LogP contribution in [0.2, 0.25) is 0 Å². The first-order valence-corrected chi connectivity index (χ1v) is 7.90. The lowest BCUT2D eigenvalue weighted by molar-refractivity contribution is 0.0637. The summed E-state index contributed by atoms with van der Waals surface area (Å²) < 4.78 is 1.96. The number of hydrogen-bond donors (Lipinski definition) is 0. The van der Waals surface area contributed by atoms with Crippen molar-refractivity contribution >= 4 is 11.8 Å². The summed E-state index contributed by atoms with van der Waals surface area (Å²) in [4.78, 5) is 36.7. The predicted molar refractivity (Wildman–Crippen MR) is 88.7 cm³/mol. The lowest BCUT2D eigenvalue weighted by Gasteiger charge is -2.33. The molecule has 1 aliphatic rings. The molecular formula is C17H21N5O2. The summed E-state index contributed by atoms with van der Waals surface area (Å²) in [6.45, 7) is 5.05. The number of carbonyl (C=O) groups excluding carboxylic acids is 2. The summed E-state index contributed by atoms with van der Waals surface area (Å²) in [6, 6.07) is 1.64. The van der Waals surface area contributed by atoms with E-state index in [2.05, 4.69) is 9.97 Å². The molecule has 7 heteroatoms. The standard InChI is InChI=1S/C17H21N5O2/c1-11-7-13(9-18-8-11)16(23)22-6-5-21-10-14(17(24)20(3)4)19-15(21)12(22)2/h7-10,12H,5-6H2,1-4H3. The molecule has 7 nitrogen and oxygen atoms in total. The van der Waals surface area contributed by atoms with Crippen LogP contribution in [0.25, 0.3) is 0 Å². The van der Waals surface area contributed by atoms with E-state index < -0.39 is 0 Å². The highest BCUT2D eigenvalue weighted by atomic mass is 16.2. The summed E-state index contributed by atoms with van der Waals surface area (Å²) in [5, 5.41) is 0. The van der Waals surface area contributed by atoms with Crippen molar-refractivity contribution in [3.8, 4) is 0 Å². The van der Waals surface area contributed by atoms with Crippen molar-refractivity contribution in [3.63, 3.8) is 0 Å². The first-order chi connectivity index (χ1) is 11.4. The van der Waals surface area contributed by atoms with E-state index in [0.717, 1.165) is 11.4 Å². The van der Waals surface area contributed by atoms with E-state index in [9.17, 15) is 9.59 Å². The molecule has 126 valence electrons. The maximum absolute atomic E-state index is 12.8. The number of imidazole rings is 1. The number of hydrogen-bond acceptors (Lipinski definition) is 4. The minimum absolute atomic E-state index is 0.0616. The van der Waals surface area contributed by atoms with E-state index >= 15 is 0 Å². The second-order valence-corrected chi connectivity index (χ2v) is 6.30. The van der Waals surface area contributed by atoms with E-state index in [1.54, 1.807) is 37.6 Å². The van der Waals surface area contributed by atoms with E-state index in [4.69, 9.17) is 0 Å². The molecule has 2 amide bonds. The lowest BCUT2D eigenvalue weighted by Crippen LogP contribution is -2.41. The third-order valence-corrected chi connectivity index (χ3v) is 4.24. The molecule has 1 unspecified atom stereocenters. The molecule has 1 aliphatic heterocycles. The second kappa shape index (κ2) is 6.07. The van der Waals surface area contributed by atoms with Crippen LogP contribution < -0.4 is 0 Å². The van der Waals surface area contributed by atoms with Crippen LogP contribution in [-0.4, -0.2) is 56.8 Å². The van der Waals surface area contributed by atoms with Gasteiger partial charge in [0.2, 0.25) is 0 Å². The second-order valence-electron chi connectivity index (χ2n) is 6.30. The van der Waals surface area contributed by atoms with Crippen LogP contribution in [0.3, 0.4) is 0 Å². The molecule has 0 bridgehead atoms. The molecule has 0 spiro atoms. The Morgan fingerprint density at radius 3 is 2.67 bits per heavy atom. The van der Waals surface area contributed by atoms with Crippen LogP contribution in [0, 0.1) is 6.92 Å². The van der Waals surface area contributed by atoms with Gasteiger partial charge in [-0.15, -0.1) is 0 Å². The fraction of sp³-hybridized carbons (Fsp3) is 0.412. The van der Waals surface area contributed by atoms with Crippen LogP contribution in [0.4, 0.5) is 0 Å². The molecule has 0 saturated carbocycles. The first kappa shape index (κ1) is 16.2. The van der Waals surface area contributed by atoms with Crippen LogP contribution in [0.15, 0.2) is 24.7 Å². The largest absolute Gasteiger partial charge is 0.343 e. The number of amides is 2. The Morgan fingerprint density at radius 1 is 1.25 bits per heavy atom. The number of rotatable bonds is 2. The average Bonchev–Trinajstić information content (AvgIpc) is 2.99. The van der Waals surface area contributed by atoms with Crippen LogP contribution in [0.5, 0.6) is 0 Å². The zero-order valence-electron chi connectivity index (χ0n) is 14.4. The number of nitrogens with zero attached hydrogens (tertiary/aromatic N) is 5. The number of pyridine rings is 1. The van der Waals surface area contributed by atoms with Gasteiger partial charge in [0, 0.05) is 45.8 Å². The molecule has 2 aromatic rings. The van der Waals surface area contributed by atoms with Crippen molar-refractivity contribution < 1.29 is 9.59 Å². The zero-order chi connectivity index (χ0) is 17.4. The third kappa shape index (κ3) is 2.77. The van der Waals surface area contributed by atoms with Gasteiger partial charge in [-0.3, -0.25) is 14.6 Å². The van der Waals surface area contributed by atoms with Gasteiger partial charge in [0.15, 0.2) is 0 Å². The van der Waals surface area contributed by atoms with Crippen molar-refractivity contribution in [2.24, 2.45) is 0 Å². The third-order valence-electron chi connectivity index (χ3n) is 4.24. The molecule has 2 aromatic heterocycles. The van der Waals surface area contributed by atoms with Gasteiger partial charge in [-0.2, -0.15) is 0 Å². The summed E-state index contributed by atoms with van der Waals surface area (Å²) in [6.07, 6.45) is 5.08. The van der Waals surface area contributed by atoms with Gasteiger partial charge in [-0.25, -0.2) is 4.98 Å². The Balaban J connectivity index is 1.88. The molecular weight excluding hydrogens is 306 g/mol. The molecule has 0 aromatic carbocycles. The number of aromatic nitrogens is 3. The van der Waals surface area contributed by atoms with Crippen molar-refractivity contribution in [1.29, 1.82) is 0 Å². The molecule has 3 heterocycles. The van der Waals surface area contributed by atoms with Crippen LogP contribution in [-0.2, 0) is 6.54 Å². The molecule has 1 atom stereocenters. The Bertz CT molecular complexity index is 796. The molecule has 0 fully saturated rings. The van der Waals surface area contributed by atoms with E-state index in [1.807, 2.05) is 24.5 Å². The van der Waals surface area contributed by atoms with Crippen molar-refractivity contribution in [2.45, 2.75) is 26.4 Å². The minimum Gasteiger partial charge on any atom is -0.343 e. The van der Waals surface area contributed by atoms with Gasteiger partial charge in [-0.05, 0) is 25.5 Å². The summed E-state index contributed by atoms with van der Waals surface area (Å²) in [5.41, 5.74) is 1.94. The van der Waals surface area contributed by atoms with Gasteiger partial charge in [0.25, 0.3) is 11.8 Å². The van der Waals surface area contributed by atoms with E-state index in [0.29, 0.717) is 24.3 Å². The predicted octanol–water partition coefficient (Wildman–Crippen LogP) is 1.51. The maximum Gasteiger partial charge on any atom is 0.273 e. The molecule has 0 aliphatic carbocycles. The van der Waals surface area contributed by atoms with Crippen molar-refractivity contribution in [1.82, 2.24) is 24.3 Å². The molecule has 24 heavy (non-hydrogen) atoms. The SMILES string of the molecule is Cc1cncc(C(=O)N2CCn3cc(C(=O)N(C)C)nc3C2C)c1. The summed E-state index contributed by atoms with van der Waals surface area (Å²) in [5.74, 6) is 0.540. The van der Waals surface area contributed by atoms with Crippen molar-refractivity contribution in [2.75, 3.05) is 20.6 Å². The van der Waals surface area contributed by atoms with Gasteiger partial charge in [-0.1, -0.05) is 0 Å². The number of carbonyl (C=O) groups is 2. The van der Waals surface area contributed by atoms with E-state index in [1.165, 1.54) is 4.90 Å². The van der Waals surface area contributed by atoms with Crippen molar-refractivity contribution in [3.05, 3.63) is 47.3 Å². The quantitative estimate of drug-likeness (QED) is 0.838. The first-order valence-electron chi connectivity index (χ1n) is 7.90. The summed E-state index contributed by atoms with van der Waals surface area (Å²) in [7, 11) is 3.40. The minimum atomic E-state index is -0.199. The van der Waals surface area contributed by atoms with E-state index in [-0.39, 0.29) is 17.9 Å². The zero-order valence-corrected chi connectivity index (χ0v) is 14.4. The van der Waals surface area contributed by atoms with Gasteiger partial charge >= 0.3 is 0 Å². The molecule has 0 saturated heterocycles. The maximum atomic E-state index is 12.8. The monoisotopic (exact) mass is 327 g/mol. The lowest BCUT2D eigenvalue weighted by atomic mass is 10.1. The highest BCUT2D eigenvalue weighted by Gasteiger charge is 2.31. The number of fused-ring (bicyclic) bond motifs is 1. The smallest absolute Gasteiger partial charge is 0.273 e. The molecule has 3 rings (SSSR count). The van der Waals surface area contributed by atoms with Gasteiger partial charge in [0.1, 0.15) is 11.5 Å². The Kier molecular flexibility index (Phi) is 4.09. The van der Waals surface area contributed by atoms with Crippen LogP contribution >= 0.6 is 0 Å². The normalized spacial score (nSPS) is 16.7. The topological polar surface area (TPSA) is 71.3 Å². The van der Waals surface area contributed by atoms with Crippen LogP contribution in [0.1, 0.15) is 45.2 Å². The fourth-order valence-electron chi connectivity index (χ4n) is 2.94. The Hall–Kier alpha value is -2.70. The van der Waals surface area contributed by atoms with Gasteiger partial charge in [0.05, 0.1) is 11.6 Å². The van der Waals surface area contributed by atoms with Gasteiger partial charge < -0.3 is 14.4 Å².